The topological polar surface area (TPSA) is 65.2 Å². The summed E-state index contributed by atoms with van der Waals surface area (Å²) in [5.41, 5.74) is 2.68. The molecule has 128 valence electrons. The van der Waals surface area contributed by atoms with Crippen molar-refractivity contribution in [2.75, 3.05) is 0 Å². The summed E-state index contributed by atoms with van der Waals surface area (Å²) in [7, 11) is 0. The molecule has 0 radical (unpaired) electrons. The minimum absolute atomic E-state index is 0.251. The summed E-state index contributed by atoms with van der Waals surface area (Å²) in [5, 5.41) is 3.76. The Morgan fingerprint density at radius 1 is 1.12 bits per heavy atom. The zero-order valence-electron chi connectivity index (χ0n) is 14.1. The lowest BCUT2D eigenvalue weighted by molar-refractivity contribution is 0.0468. The first kappa shape index (κ1) is 17.2. The zero-order valence-corrected chi connectivity index (χ0v) is 14.9. The minimum Gasteiger partial charge on any atom is -0.457 e. The molecular formula is C19H18N2O3S. The number of nitrogens with zero attached hydrogens (tertiary/aromatic N) is 2. The lowest BCUT2D eigenvalue weighted by Crippen LogP contribution is -2.06. The van der Waals surface area contributed by atoms with E-state index in [1.54, 1.807) is 13.0 Å². The molecule has 0 amide bonds. The molecule has 0 saturated heterocycles. The van der Waals surface area contributed by atoms with Crippen LogP contribution in [-0.4, -0.2) is 16.1 Å². The number of benzene rings is 2. The third-order valence-corrected chi connectivity index (χ3v) is 4.58. The number of aryl methyl sites for hydroxylation is 2. The highest BCUT2D eigenvalue weighted by Crippen LogP contribution is 2.26. The molecule has 6 heteroatoms. The Hall–Kier alpha value is -2.60. The fourth-order valence-corrected chi connectivity index (χ4v) is 3.09. The molecule has 0 atom stereocenters. The fourth-order valence-electron chi connectivity index (χ4n) is 2.21. The maximum Gasteiger partial charge on any atom is 0.339 e. The summed E-state index contributed by atoms with van der Waals surface area (Å²) in [6.45, 7) is 4.04. The van der Waals surface area contributed by atoms with E-state index < -0.39 is 0 Å². The van der Waals surface area contributed by atoms with Crippen LogP contribution in [0, 0.1) is 13.8 Å². The van der Waals surface area contributed by atoms with Gasteiger partial charge in [0.15, 0.2) is 5.82 Å². The monoisotopic (exact) mass is 354 g/mol. The number of ether oxygens (including phenoxy) is 1. The van der Waals surface area contributed by atoms with E-state index in [-0.39, 0.29) is 12.6 Å². The molecule has 3 rings (SSSR count). The Bertz CT molecular complexity index is 859. The minimum atomic E-state index is -0.342. The average molecular weight is 354 g/mol. The molecule has 0 saturated carbocycles. The van der Waals surface area contributed by atoms with Gasteiger partial charge in [0.1, 0.15) is 6.61 Å². The van der Waals surface area contributed by atoms with Gasteiger partial charge < -0.3 is 9.26 Å². The largest absolute Gasteiger partial charge is 0.457 e. The van der Waals surface area contributed by atoms with E-state index in [2.05, 4.69) is 10.1 Å². The van der Waals surface area contributed by atoms with Gasteiger partial charge >= 0.3 is 5.97 Å². The van der Waals surface area contributed by atoms with Gasteiger partial charge in [0, 0.05) is 4.90 Å². The molecule has 0 N–H and O–H groups in total. The van der Waals surface area contributed by atoms with E-state index in [0.717, 1.165) is 10.5 Å². The van der Waals surface area contributed by atoms with Crippen molar-refractivity contribution in [1.29, 1.82) is 0 Å². The molecule has 3 aromatic rings. The Labute approximate surface area is 150 Å². The Balaban J connectivity index is 1.64. The highest BCUT2D eigenvalue weighted by atomic mass is 32.2. The highest BCUT2D eigenvalue weighted by molar-refractivity contribution is 7.98. The predicted molar refractivity (Wildman–Crippen MR) is 95.3 cm³/mol. The van der Waals surface area contributed by atoms with E-state index >= 15 is 0 Å². The van der Waals surface area contributed by atoms with E-state index in [9.17, 15) is 4.79 Å². The summed E-state index contributed by atoms with van der Waals surface area (Å²) in [4.78, 5) is 17.4. The average Bonchev–Trinajstić information content (AvgIpc) is 3.05. The molecule has 0 aliphatic carbocycles. The third kappa shape index (κ3) is 4.70. The van der Waals surface area contributed by atoms with Crippen LogP contribution in [0.5, 0.6) is 0 Å². The normalized spacial score (nSPS) is 10.6. The van der Waals surface area contributed by atoms with Crippen LogP contribution in [0.25, 0.3) is 0 Å². The standard InChI is InChI=1S/C19H18N2O3S/c1-13-7-9-15(10-8-13)11-23-19(22)16-5-3-4-6-17(16)25-12-18-20-14(2)21-24-18/h3-10H,11-12H2,1-2H3. The van der Waals surface area contributed by atoms with Gasteiger partial charge in [0.25, 0.3) is 0 Å². The first-order valence-electron chi connectivity index (χ1n) is 7.85. The number of thioether (sulfide) groups is 1. The lowest BCUT2D eigenvalue weighted by atomic mass is 10.2. The van der Waals surface area contributed by atoms with Gasteiger partial charge in [-0.25, -0.2) is 4.79 Å². The van der Waals surface area contributed by atoms with Gasteiger partial charge in [-0.2, -0.15) is 4.98 Å². The van der Waals surface area contributed by atoms with Gasteiger partial charge in [0.05, 0.1) is 11.3 Å². The van der Waals surface area contributed by atoms with Crippen LogP contribution >= 0.6 is 11.8 Å². The van der Waals surface area contributed by atoms with Crippen LogP contribution in [0.15, 0.2) is 57.9 Å². The Morgan fingerprint density at radius 2 is 1.88 bits per heavy atom. The summed E-state index contributed by atoms with van der Waals surface area (Å²) in [5.74, 6) is 1.29. The van der Waals surface area contributed by atoms with E-state index in [1.165, 1.54) is 17.3 Å². The molecule has 0 aliphatic heterocycles. The molecule has 1 aromatic heterocycles. The quantitative estimate of drug-likeness (QED) is 0.485. The second-order valence-electron chi connectivity index (χ2n) is 5.58. The summed E-state index contributed by atoms with van der Waals surface area (Å²) in [6.07, 6.45) is 0. The van der Waals surface area contributed by atoms with Crippen LogP contribution in [-0.2, 0) is 17.1 Å². The van der Waals surface area contributed by atoms with Crippen LogP contribution < -0.4 is 0 Å². The van der Waals surface area contributed by atoms with Crippen molar-refractivity contribution in [3.05, 3.63) is 76.9 Å². The number of aromatic nitrogens is 2. The van der Waals surface area contributed by atoms with Crippen molar-refractivity contribution in [2.45, 2.75) is 31.1 Å². The van der Waals surface area contributed by atoms with Crippen molar-refractivity contribution in [3.63, 3.8) is 0 Å². The number of hydrogen-bond donors (Lipinski definition) is 0. The van der Waals surface area contributed by atoms with Gasteiger partial charge in [-0.15, -0.1) is 11.8 Å². The summed E-state index contributed by atoms with van der Waals surface area (Å²) in [6, 6.07) is 15.3. The zero-order chi connectivity index (χ0) is 17.6. The van der Waals surface area contributed by atoms with Crippen molar-refractivity contribution in [1.82, 2.24) is 10.1 Å². The van der Waals surface area contributed by atoms with Crippen molar-refractivity contribution in [2.24, 2.45) is 0 Å². The van der Waals surface area contributed by atoms with Crippen LogP contribution in [0.3, 0.4) is 0 Å². The number of rotatable bonds is 6. The maximum atomic E-state index is 12.4. The van der Waals surface area contributed by atoms with E-state index in [1.807, 2.05) is 49.4 Å². The lowest BCUT2D eigenvalue weighted by Gasteiger charge is -2.09. The molecule has 0 fully saturated rings. The van der Waals surface area contributed by atoms with Crippen molar-refractivity contribution >= 4 is 17.7 Å². The van der Waals surface area contributed by atoms with Gasteiger partial charge in [-0.1, -0.05) is 47.1 Å². The second kappa shape index (κ2) is 7.98. The van der Waals surface area contributed by atoms with Gasteiger partial charge in [-0.05, 0) is 31.5 Å². The Kier molecular flexibility index (Phi) is 5.50. The molecule has 5 nitrogen and oxygen atoms in total. The highest BCUT2D eigenvalue weighted by Gasteiger charge is 2.14. The predicted octanol–water partition coefficient (Wildman–Crippen LogP) is 4.34. The molecular weight excluding hydrogens is 336 g/mol. The maximum absolute atomic E-state index is 12.4. The fraction of sp³-hybridized carbons (Fsp3) is 0.211. The second-order valence-corrected chi connectivity index (χ2v) is 6.60. The first-order chi connectivity index (χ1) is 12.1. The van der Waals surface area contributed by atoms with Gasteiger partial charge in [0.2, 0.25) is 5.89 Å². The molecule has 0 spiro atoms. The number of carbonyl (C=O) groups is 1. The Morgan fingerprint density at radius 3 is 2.60 bits per heavy atom. The van der Waals surface area contributed by atoms with Gasteiger partial charge in [-0.3, -0.25) is 0 Å². The molecule has 0 aliphatic rings. The van der Waals surface area contributed by atoms with E-state index in [0.29, 0.717) is 23.0 Å². The molecule has 2 aromatic carbocycles. The molecule has 0 unspecified atom stereocenters. The SMILES string of the molecule is Cc1ccc(COC(=O)c2ccccc2SCc2nc(C)no2)cc1. The number of esters is 1. The molecule has 1 heterocycles. The smallest absolute Gasteiger partial charge is 0.339 e. The summed E-state index contributed by atoms with van der Waals surface area (Å²) >= 11 is 1.47. The first-order valence-corrected chi connectivity index (χ1v) is 8.84. The van der Waals surface area contributed by atoms with Crippen molar-refractivity contribution in [3.8, 4) is 0 Å². The van der Waals surface area contributed by atoms with Crippen molar-refractivity contribution < 1.29 is 14.1 Å². The molecule has 0 bridgehead atoms. The number of carbonyl (C=O) groups excluding carboxylic acids is 1. The molecule has 25 heavy (non-hydrogen) atoms. The number of hydrogen-bond acceptors (Lipinski definition) is 6. The third-order valence-electron chi connectivity index (χ3n) is 3.52. The summed E-state index contributed by atoms with van der Waals surface area (Å²) < 4.78 is 10.6. The van der Waals surface area contributed by atoms with E-state index in [4.69, 9.17) is 9.26 Å². The van der Waals surface area contributed by atoms with Crippen LogP contribution in [0.4, 0.5) is 0 Å². The van der Waals surface area contributed by atoms with Crippen LogP contribution in [0.1, 0.15) is 33.2 Å². The van der Waals surface area contributed by atoms with Crippen LogP contribution in [0.2, 0.25) is 0 Å².